The second-order valence-electron chi connectivity index (χ2n) is 8.84. The van der Waals surface area contributed by atoms with E-state index in [1.54, 1.807) is 0 Å². The SMILES string of the molecule is NC1CCC(NC(=O)C2N(C(=O)c3cc(F)cc(F)c3)CCN2S(=O)(=O)c2ccc(Cl)c(Cl)c2)CC1. The van der Waals surface area contributed by atoms with Gasteiger partial charge in [-0.3, -0.25) is 9.59 Å². The molecule has 2 aliphatic rings. The summed E-state index contributed by atoms with van der Waals surface area (Å²) in [5.74, 6) is -3.55. The van der Waals surface area contributed by atoms with E-state index in [-0.39, 0.29) is 45.7 Å². The molecule has 1 saturated heterocycles. The molecule has 1 atom stereocenters. The van der Waals surface area contributed by atoms with Gasteiger partial charge in [-0.05, 0) is 56.0 Å². The molecule has 2 aromatic carbocycles. The molecule has 1 saturated carbocycles. The first-order valence-electron chi connectivity index (χ1n) is 11.3. The molecule has 0 spiro atoms. The van der Waals surface area contributed by atoms with E-state index in [9.17, 15) is 26.8 Å². The fourth-order valence-electron chi connectivity index (χ4n) is 4.50. The number of nitrogens with one attached hydrogen (secondary N) is 1. The van der Waals surface area contributed by atoms with Crippen LogP contribution in [0.5, 0.6) is 0 Å². The van der Waals surface area contributed by atoms with Crippen LogP contribution in [-0.2, 0) is 14.8 Å². The Kier molecular flexibility index (Phi) is 7.86. The van der Waals surface area contributed by atoms with Gasteiger partial charge in [-0.1, -0.05) is 23.2 Å². The summed E-state index contributed by atoms with van der Waals surface area (Å²) in [6, 6.07) is 5.76. The predicted octanol–water partition coefficient (Wildman–Crippen LogP) is 3.13. The molecule has 4 rings (SSSR count). The zero-order valence-electron chi connectivity index (χ0n) is 19.0. The highest BCUT2D eigenvalue weighted by atomic mass is 35.5. The normalized spacial score (nSPS) is 23.0. The number of amides is 2. The van der Waals surface area contributed by atoms with Crippen molar-refractivity contribution in [3.8, 4) is 0 Å². The number of nitrogens with two attached hydrogens (primary N) is 1. The lowest BCUT2D eigenvalue weighted by Gasteiger charge is -2.32. The molecule has 2 aromatic rings. The highest BCUT2D eigenvalue weighted by molar-refractivity contribution is 7.89. The quantitative estimate of drug-likeness (QED) is 0.583. The number of hydrogen-bond acceptors (Lipinski definition) is 5. The van der Waals surface area contributed by atoms with Crippen LogP contribution in [0.3, 0.4) is 0 Å². The Labute approximate surface area is 217 Å². The molecule has 13 heteroatoms. The summed E-state index contributed by atoms with van der Waals surface area (Å²) >= 11 is 11.9. The van der Waals surface area contributed by atoms with Crippen molar-refractivity contribution in [2.45, 2.75) is 48.8 Å². The summed E-state index contributed by atoms with van der Waals surface area (Å²) in [5, 5.41) is 2.97. The van der Waals surface area contributed by atoms with Crippen molar-refractivity contribution < 1.29 is 26.8 Å². The Bertz CT molecular complexity index is 1270. The number of halogens is 4. The van der Waals surface area contributed by atoms with Crippen molar-refractivity contribution >= 4 is 45.0 Å². The minimum absolute atomic E-state index is 0.000321. The van der Waals surface area contributed by atoms with E-state index in [2.05, 4.69) is 5.32 Å². The van der Waals surface area contributed by atoms with Gasteiger partial charge in [-0.2, -0.15) is 4.31 Å². The molecular formula is C23H24Cl2F2N4O4S. The third kappa shape index (κ3) is 5.50. The topological polar surface area (TPSA) is 113 Å². The molecule has 1 aliphatic heterocycles. The Balaban J connectivity index is 1.69. The second-order valence-corrected chi connectivity index (χ2v) is 11.5. The van der Waals surface area contributed by atoms with E-state index in [4.69, 9.17) is 28.9 Å². The molecule has 194 valence electrons. The molecule has 8 nitrogen and oxygen atoms in total. The first-order valence-corrected chi connectivity index (χ1v) is 13.5. The third-order valence-electron chi connectivity index (χ3n) is 6.35. The average molecular weight is 561 g/mol. The first kappa shape index (κ1) is 26.7. The maximum absolute atomic E-state index is 13.8. The summed E-state index contributed by atoms with van der Waals surface area (Å²) in [4.78, 5) is 27.5. The summed E-state index contributed by atoms with van der Waals surface area (Å²) in [6.07, 6.45) is 0.988. The molecule has 1 unspecified atom stereocenters. The largest absolute Gasteiger partial charge is 0.350 e. The van der Waals surface area contributed by atoms with Crippen molar-refractivity contribution in [2.75, 3.05) is 13.1 Å². The monoisotopic (exact) mass is 560 g/mol. The molecule has 2 fully saturated rings. The Morgan fingerprint density at radius 2 is 1.58 bits per heavy atom. The van der Waals surface area contributed by atoms with Crippen molar-refractivity contribution in [1.29, 1.82) is 0 Å². The van der Waals surface area contributed by atoms with E-state index in [1.807, 2.05) is 0 Å². The van der Waals surface area contributed by atoms with Crippen LogP contribution in [0.25, 0.3) is 0 Å². The highest BCUT2D eigenvalue weighted by Crippen LogP contribution is 2.31. The van der Waals surface area contributed by atoms with Gasteiger partial charge in [-0.15, -0.1) is 0 Å². The number of sulfonamides is 1. The minimum atomic E-state index is -4.32. The minimum Gasteiger partial charge on any atom is -0.350 e. The van der Waals surface area contributed by atoms with Crippen molar-refractivity contribution in [1.82, 2.24) is 14.5 Å². The maximum Gasteiger partial charge on any atom is 0.259 e. The highest BCUT2D eigenvalue weighted by Gasteiger charge is 2.47. The van der Waals surface area contributed by atoms with Crippen LogP contribution in [-0.4, -0.2) is 60.8 Å². The van der Waals surface area contributed by atoms with Crippen LogP contribution >= 0.6 is 23.2 Å². The third-order valence-corrected chi connectivity index (χ3v) is 8.94. The smallest absolute Gasteiger partial charge is 0.259 e. The van der Waals surface area contributed by atoms with Gasteiger partial charge in [-0.25, -0.2) is 17.2 Å². The Hall–Kier alpha value is -2.31. The van der Waals surface area contributed by atoms with Crippen LogP contribution < -0.4 is 11.1 Å². The lowest BCUT2D eigenvalue weighted by molar-refractivity contribution is -0.128. The van der Waals surface area contributed by atoms with E-state index in [0.29, 0.717) is 31.7 Å². The summed E-state index contributed by atoms with van der Waals surface area (Å²) < 4.78 is 55.5. The molecule has 0 radical (unpaired) electrons. The molecule has 3 N–H and O–H groups in total. The van der Waals surface area contributed by atoms with Gasteiger partial charge in [0, 0.05) is 36.8 Å². The van der Waals surface area contributed by atoms with Gasteiger partial charge in [0.1, 0.15) is 11.6 Å². The lowest BCUT2D eigenvalue weighted by Crippen LogP contribution is -2.56. The van der Waals surface area contributed by atoms with Crippen molar-refractivity contribution in [3.63, 3.8) is 0 Å². The maximum atomic E-state index is 13.8. The standard InChI is InChI=1S/C23H24Cl2F2N4O4S/c24-19-6-5-18(12-20(19)25)36(34,35)31-8-7-30(23(33)13-9-14(26)11-15(27)10-13)22(31)21(32)29-17-3-1-16(28)2-4-17/h5-6,9-12,16-17,22H,1-4,7-8,28H2,(H,29,32). The molecule has 2 amide bonds. The van der Waals surface area contributed by atoms with E-state index in [0.717, 1.165) is 27.4 Å². The van der Waals surface area contributed by atoms with E-state index in [1.165, 1.54) is 12.1 Å². The van der Waals surface area contributed by atoms with E-state index < -0.39 is 39.6 Å². The number of rotatable bonds is 5. The Morgan fingerprint density at radius 1 is 0.944 bits per heavy atom. The second kappa shape index (κ2) is 10.6. The molecule has 0 aromatic heterocycles. The van der Waals surface area contributed by atoms with Crippen molar-refractivity contribution in [3.05, 3.63) is 63.6 Å². The fourth-order valence-corrected chi connectivity index (χ4v) is 6.43. The van der Waals surface area contributed by atoms with Gasteiger partial charge in [0.2, 0.25) is 10.0 Å². The molecular weight excluding hydrogens is 537 g/mol. The summed E-state index contributed by atoms with van der Waals surface area (Å²) in [6.45, 7) is -0.398. The van der Waals surface area contributed by atoms with Crippen molar-refractivity contribution in [2.24, 2.45) is 5.73 Å². The number of hydrogen-bond donors (Lipinski definition) is 2. The zero-order valence-corrected chi connectivity index (χ0v) is 21.3. The van der Waals surface area contributed by atoms with Gasteiger partial charge in [0.25, 0.3) is 11.8 Å². The first-order chi connectivity index (χ1) is 17.0. The van der Waals surface area contributed by atoms with Crippen LogP contribution in [0, 0.1) is 11.6 Å². The van der Waals surface area contributed by atoms with Crippen LogP contribution in [0.2, 0.25) is 10.0 Å². The number of carbonyl (C=O) groups is 2. The molecule has 0 bridgehead atoms. The van der Waals surface area contributed by atoms with E-state index >= 15 is 0 Å². The van der Waals surface area contributed by atoms with Crippen LogP contribution in [0.4, 0.5) is 8.78 Å². The lowest BCUT2D eigenvalue weighted by atomic mass is 9.92. The van der Waals surface area contributed by atoms with Gasteiger partial charge in [0.15, 0.2) is 6.17 Å². The van der Waals surface area contributed by atoms with Gasteiger partial charge < -0.3 is 16.0 Å². The van der Waals surface area contributed by atoms with Gasteiger partial charge in [0.05, 0.1) is 14.9 Å². The Morgan fingerprint density at radius 3 is 2.19 bits per heavy atom. The van der Waals surface area contributed by atoms with Gasteiger partial charge >= 0.3 is 0 Å². The van der Waals surface area contributed by atoms with Crippen LogP contribution in [0.15, 0.2) is 41.3 Å². The number of carbonyl (C=O) groups excluding carboxylic acids is 2. The molecule has 1 aliphatic carbocycles. The molecule has 1 heterocycles. The van der Waals surface area contributed by atoms with Crippen LogP contribution in [0.1, 0.15) is 36.0 Å². The fraction of sp³-hybridized carbons (Fsp3) is 0.391. The summed E-state index contributed by atoms with van der Waals surface area (Å²) in [5.41, 5.74) is 5.59. The summed E-state index contributed by atoms with van der Waals surface area (Å²) in [7, 11) is -4.32. The molecule has 36 heavy (non-hydrogen) atoms. The number of nitrogens with zero attached hydrogens (tertiary/aromatic N) is 2. The average Bonchev–Trinajstić information content (AvgIpc) is 3.27. The predicted molar refractivity (Wildman–Crippen MR) is 130 cm³/mol. The zero-order chi connectivity index (χ0) is 26.2. The number of benzene rings is 2.